The van der Waals surface area contributed by atoms with E-state index < -0.39 is 0 Å². The number of hydrogen-bond donors (Lipinski definition) is 1. The van der Waals surface area contributed by atoms with Crippen molar-refractivity contribution < 1.29 is 14.3 Å². The van der Waals surface area contributed by atoms with Gasteiger partial charge in [0.05, 0.1) is 11.4 Å². The Kier molecular flexibility index (Phi) is 4.44. The van der Waals surface area contributed by atoms with Gasteiger partial charge in [-0.05, 0) is 42.5 Å². The van der Waals surface area contributed by atoms with Crippen molar-refractivity contribution in [3.63, 3.8) is 0 Å². The van der Waals surface area contributed by atoms with E-state index in [0.717, 1.165) is 41.4 Å². The predicted octanol–water partition coefficient (Wildman–Crippen LogP) is 3.52. The Balaban J connectivity index is 1.98. The van der Waals surface area contributed by atoms with Gasteiger partial charge in [-0.25, -0.2) is 0 Å². The number of aromatic nitrogens is 1. The lowest BCUT2D eigenvalue weighted by atomic mass is 9.84. The molecule has 1 unspecified atom stereocenters. The summed E-state index contributed by atoms with van der Waals surface area (Å²) >= 11 is 0. The molecule has 0 bridgehead atoms. The summed E-state index contributed by atoms with van der Waals surface area (Å²) in [6.45, 7) is 2.08. The van der Waals surface area contributed by atoms with Crippen LogP contribution in [0.15, 0.2) is 48.5 Å². The van der Waals surface area contributed by atoms with Gasteiger partial charge in [0.1, 0.15) is 5.75 Å². The Morgan fingerprint density at radius 2 is 1.93 bits per heavy atom. The largest absolute Gasteiger partial charge is 0.426 e. The van der Waals surface area contributed by atoms with Crippen LogP contribution in [-0.2, 0) is 22.6 Å². The summed E-state index contributed by atoms with van der Waals surface area (Å²) in [5.41, 5.74) is 9.92. The van der Waals surface area contributed by atoms with Crippen LogP contribution in [-0.4, -0.2) is 16.4 Å². The van der Waals surface area contributed by atoms with Gasteiger partial charge >= 0.3 is 5.97 Å². The highest BCUT2D eigenvalue weighted by Crippen LogP contribution is 2.43. The summed E-state index contributed by atoms with van der Waals surface area (Å²) in [6.07, 6.45) is 2.51. The Morgan fingerprint density at radius 1 is 1.15 bits per heavy atom. The van der Waals surface area contributed by atoms with Crippen molar-refractivity contribution in [3.8, 4) is 5.75 Å². The van der Waals surface area contributed by atoms with Crippen molar-refractivity contribution >= 4 is 22.8 Å². The summed E-state index contributed by atoms with van der Waals surface area (Å²) in [6, 6.07) is 15.9. The number of primary amides is 1. The summed E-state index contributed by atoms with van der Waals surface area (Å²) in [5.74, 6) is -0.563. The van der Waals surface area contributed by atoms with Crippen LogP contribution >= 0.6 is 0 Å². The van der Waals surface area contributed by atoms with E-state index in [9.17, 15) is 9.59 Å². The number of carbonyl (C=O) groups excluding carboxylic acids is 2. The number of rotatable bonds is 4. The van der Waals surface area contributed by atoms with Crippen molar-refractivity contribution in [3.05, 3.63) is 65.4 Å². The molecule has 27 heavy (non-hydrogen) atoms. The van der Waals surface area contributed by atoms with Crippen LogP contribution < -0.4 is 10.5 Å². The SMILES string of the molecule is CC(=O)Oc1cccc2c1c1c(n2Cc2ccccc2)CCCC1C(N)=O. The normalized spacial score (nSPS) is 16.1. The zero-order valence-electron chi connectivity index (χ0n) is 15.3. The molecule has 0 spiro atoms. The maximum Gasteiger partial charge on any atom is 0.308 e. The molecule has 2 N–H and O–H groups in total. The van der Waals surface area contributed by atoms with Gasteiger partial charge in [-0.15, -0.1) is 0 Å². The molecule has 0 radical (unpaired) electrons. The third kappa shape index (κ3) is 3.10. The standard InChI is InChI=1S/C22H22N2O3/c1-14(25)27-19-12-6-11-18-21(19)20-16(22(23)26)9-5-10-17(20)24(18)13-15-7-3-2-4-8-15/h2-4,6-8,11-12,16H,5,9-10,13H2,1H3,(H2,23,26). The van der Waals surface area contributed by atoms with Crippen LogP contribution in [0.25, 0.3) is 10.9 Å². The van der Waals surface area contributed by atoms with Crippen molar-refractivity contribution in [2.75, 3.05) is 0 Å². The molecular formula is C22H22N2O3. The van der Waals surface area contributed by atoms with Crippen LogP contribution in [0.4, 0.5) is 0 Å². The minimum atomic E-state index is -0.376. The highest BCUT2D eigenvalue weighted by Gasteiger charge is 2.32. The fourth-order valence-electron chi connectivity index (χ4n) is 4.18. The van der Waals surface area contributed by atoms with Gasteiger partial charge < -0.3 is 15.0 Å². The molecule has 5 nitrogen and oxygen atoms in total. The number of benzene rings is 2. The zero-order chi connectivity index (χ0) is 19.0. The molecule has 0 fully saturated rings. The number of fused-ring (bicyclic) bond motifs is 3. The molecule has 1 aliphatic rings. The summed E-state index contributed by atoms with van der Waals surface area (Å²) in [7, 11) is 0. The van der Waals surface area contributed by atoms with E-state index in [1.54, 1.807) is 6.07 Å². The van der Waals surface area contributed by atoms with Gasteiger partial charge in [0.25, 0.3) is 0 Å². The number of ether oxygens (including phenoxy) is 1. The average molecular weight is 362 g/mol. The molecule has 0 saturated carbocycles. The van der Waals surface area contributed by atoms with E-state index in [4.69, 9.17) is 10.5 Å². The molecule has 1 aliphatic carbocycles. The topological polar surface area (TPSA) is 74.3 Å². The second kappa shape index (κ2) is 6.91. The van der Waals surface area contributed by atoms with Gasteiger partial charge in [-0.2, -0.15) is 0 Å². The number of hydrogen-bond acceptors (Lipinski definition) is 3. The number of carbonyl (C=O) groups is 2. The highest BCUT2D eigenvalue weighted by atomic mass is 16.5. The first kappa shape index (κ1) is 17.3. The van der Waals surface area contributed by atoms with E-state index >= 15 is 0 Å². The van der Waals surface area contributed by atoms with Gasteiger partial charge in [0, 0.05) is 24.5 Å². The molecule has 1 amide bonds. The maximum atomic E-state index is 12.2. The highest BCUT2D eigenvalue weighted by molar-refractivity contribution is 5.98. The van der Waals surface area contributed by atoms with Crippen LogP contribution in [0.1, 0.15) is 42.5 Å². The minimum Gasteiger partial charge on any atom is -0.426 e. The molecular weight excluding hydrogens is 340 g/mol. The van der Waals surface area contributed by atoms with Crippen molar-refractivity contribution in [2.45, 2.75) is 38.6 Å². The Labute approximate surface area is 157 Å². The second-order valence-electron chi connectivity index (χ2n) is 7.02. The number of nitrogens with two attached hydrogens (primary N) is 1. The van der Waals surface area contributed by atoms with Gasteiger partial charge in [-0.1, -0.05) is 36.4 Å². The van der Waals surface area contributed by atoms with Crippen LogP contribution in [0, 0.1) is 0 Å². The fourth-order valence-corrected chi connectivity index (χ4v) is 4.18. The Hall–Kier alpha value is -3.08. The zero-order valence-corrected chi connectivity index (χ0v) is 15.3. The number of nitrogens with zero attached hydrogens (tertiary/aromatic N) is 1. The van der Waals surface area contributed by atoms with E-state index in [1.165, 1.54) is 12.5 Å². The van der Waals surface area contributed by atoms with Crippen molar-refractivity contribution in [2.24, 2.45) is 5.73 Å². The first-order valence-electron chi connectivity index (χ1n) is 9.22. The van der Waals surface area contributed by atoms with Crippen LogP contribution in [0.5, 0.6) is 5.75 Å². The van der Waals surface area contributed by atoms with Crippen molar-refractivity contribution in [1.82, 2.24) is 4.57 Å². The fraction of sp³-hybridized carbons (Fsp3) is 0.273. The lowest BCUT2D eigenvalue weighted by Gasteiger charge is -2.22. The minimum absolute atomic E-state index is 0.327. The average Bonchev–Trinajstić information content (AvgIpc) is 2.97. The summed E-state index contributed by atoms with van der Waals surface area (Å²) in [5, 5.41) is 0.835. The third-order valence-electron chi connectivity index (χ3n) is 5.24. The molecule has 4 rings (SSSR count). The maximum absolute atomic E-state index is 12.2. The molecule has 1 atom stereocenters. The molecule has 0 aliphatic heterocycles. The lowest BCUT2D eigenvalue weighted by Crippen LogP contribution is -2.25. The van der Waals surface area contributed by atoms with Crippen LogP contribution in [0.2, 0.25) is 0 Å². The van der Waals surface area contributed by atoms with E-state index in [-0.39, 0.29) is 17.8 Å². The smallest absolute Gasteiger partial charge is 0.308 e. The molecule has 1 aromatic heterocycles. The second-order valence-corrected chi connectivity index (χ2v) is 7.02. The van der Waals surface area contributed by atoms with Crippen molar-refractivity contribution in [1.29, 1.82) is 0 Å². The third-order valence-corrected chi connectivity index (χ3v) is 5.24. The van der Waals surface area contributed by atoms with E-state index in [1.807, 2.05) is 30.3 Å². The van der Waals surface area contributed by atoms with Crippen LogP contribution in [0.3, 0.4) is 0 Å². The molecule has 3 aromatic rings. The van der Waals surface area contributed by atoms with Gasteiger partial charge in [-0.3, -0.25) is 9.59 Å². The Morgan fingerprint density at radius 3 is 2.63 bits per heavy atom. The molecule has 2 aromatic carbocycles. The molecule has 0 saturated heterocycles. The van der Waals surface area contributed by atoms with Gasteiger partial charge in [0.2, 0.25) is 5.91 Å². The summed E-state index contributed by atoms with van der Waals surface area (Å²) in [4.78, 5) is 23.8. The Bertz CT molecular complexity index is 1020. The molecule has 138 valence electrons. The number of amides is 1. The quantitative estimate of drug-likeness (QED) is 0.570. The molecule has 1 heterocycles. The number of esters is 1. The monoisotopic (exact) mass is 362 g/mol. The van der Waals surface area contributed by atoms with E-state index in [2.05, 4.69) is 16.7 Å². The first-order chi connectivity index (χ1) is 13.1. The summed E-state index contributed by atoms with van der Waals surface area (Å²) < 4.78 is 7.72. The van der Waals surface area contributed by atoms with E-state index in [0.29, 0.717) is 12.3 Å². The first-order valence-corrected chi connectivity index (χ1v) is 9.22. The molecule has 5 heteroatoms. The lowest BCUT2D eigenvalue weighted by molar-refractivity contribution is -0.131. The predicted molar refractivity (Wildman–Crippen MR) is 104 cm³/mol. The van der Waals surface area contributed by atoms with Gasteiger partial charge in [0.15, 0.2) is 0 Å².